The van der Waals surface area contributed by atoms with Crippen molar-refractivity contribution in [2.24, 2.45) is 0 Å². The Bertz CT molecular complexity index is 1190. The molecule has 1 aliphatic rings. The second-order valence-electron chi connectivity index (χ2n) is 6.62. The summed E-state index contributed by atoms with van der Waals surface area (Å²) in [4.78, 5) is 37.7. The minimum absolute atomic E-state index is 0.0129. The molecule has 3 aromatic rings. The molecule has 0 saturated heterocycles. The number of phenols is 1. The van der Waals surface area contributed by atoms with Gasteiger partial charge in [-0.25, -0.2) is 4.90 Å². The van der Waals surface area contributed by atoms with E-state index >= 15 is 0 Å². The number of hydrogen-bond donors (Lipinski definition) is 1. The molecule has 0 fully saturated rings. The molecule has 3 aromatic carbocycles. The highest BCUT2D eigenvalue weighted by Gasteiger charge is 2.42. The number of carbonyl (C=O) groups excluding carboxylic acids is 2. The van der Waals surface area contributed by atoms with E-state index in [0.717, 1.165) is 16.0 Å². The maximum Gasteiger partial charge on any atom is 0.283 e. The quantitative estimate of drug-likeness (QED) is 0.407. The van der Waals surface area contributed by atoms with E-state index in [-0.39, 0.29) is 16.9 Å². The molecule has 29 heavy (non-hydrogen) atoms. The number of benzene rings is 3. The fourth-order valence-corrected chi connectivity index (χ4v) is 3.59. The fourth-order valence-electron chi connectivity index (χ4n) is 3.59. The van der Waals surface area contributed by atoms with Crippen molar-refractivity contribution in [2.75, 3.05) is 4.90 Å². The van der Waals surface area contributed by atoms with Gasteiger partial charge < -0.3 is 5.11 Å². The Morgan fingerprint density at radius 2 is 1.69 bits per heavy atom. The largest absolute Gasteiger partial charge is 0.508 e. The summed E-state index contributed by atoms with van der Waals surface area (Å²) in [5, 5.41) is 21.3. The lowest BCUT2D eigenvalue weighted by Crippen LogP contribution is -2.30. The Kier molecular flexibility index (Phi) is 4.35. The Morgan fingerprint density at radius 1 is 0.966 bits per heavy atom. The summed E-state index contributed by atoms with van der Waals surface area (Å²) in [6, 6.07) is 16.0. The maximum atomic E-state index is 13.1. The first-order valence-corrected chi connectivity index (χ1v) is 9.01. The Morgan fingerprint density at radius 3 is 2.41 bits per heavy atom. The number of aromatic hydroxyl groups is 1. The van der Waals surface area contributed by atoms with Gasteiger partial charge in [-0.15, -0.1) is 0 Å². The molecule has 1 aliphatic heterocycles. The van der Waals surface area contributed by atoms with Crippen LogP contribution in [0.25, 0.3) is 11.1 Å². The first kappa shape index (κ1) is 18.4. The van der Waals surface area contributed by atoms with Gasteiger partial charge in [0.05, 0.1) is 16.2 Å². The fraction of sp³-hybridized carbons (Fsp3) is 0.0909. The van der Waals surface area contributed by atoms with Gasteiger partial charge in [-0.3, -0.25) is 19.7 Å². The van der Waals surface area contributed by atoms with Crippen molar-refractivity contribution in [3.63, 3.8) is 0 Å². The van der Waals surface area contributed by atoms with E-state index in [0.29, 0.717) is 17.7 Å². The lowest BCUT2D eigenvalue weighted by Gasteiger charge is -2.19. The number of anilines is 1. The summed E-state index contributed by atoms with van der Waals surface area (Å²) >= 11 is 0. The Labute approximate surface area is 166 Å². The average molecular weight is 388 g/mol. The molecule has 0 aromatic heterocycles. The van der Waals surface area contributed by atoms with Gasteiger partial charge in [-0.2, -0.15) is 0 Å². The summed E-state index contributed by atoms with van der Waals surface area (Å²) < 4.78 is 0. The molecule has 2 amide bonds. The minimum atomic E-state index is -0.723. The van der Waals surface area contributed by atoms with Crippen molar-refractivity contribution in [3.05, 3.63) is 87.5 Å². The smallest absolute Gasteiger partial charge is 0.283 e. The van der Waals surface area contributed by atoms with Gasteiger partial charge in [0, 0.05) is 11.6 Å². The second kappa shape index (κ2) is 6.87. The van der Waals surface area contributed by atoms with Crippen LogP contribution in [0.3, 0.4) is 0 Å². The van der Waals surface area contributed by atoms with Crippen LogP contribution in [-0.2, 0) is 6.42 Å². The molecule has 0 bridgehead atoms. The summed E-state index contributed by atoms with van der Waals surface area (Å²) in [5.41, 5.74) is 1.83. The highest BCUT2D eigenvalue weighted by Crippen LogP contribution is 2.39. The van der Waals surface area contributed by atoms with E-state index in [4.69, 9.17) is 0 Å². The number of para-hydroxylation sites is 1. The number of aryl methyl sites for hydroxylation is 1. The summed E-state index contributed by atoms with van der Waals surface area (Å²) in [7, 11) is 0. The van der Waals surface area contributed by atoms with E-state index in [1.54, 1.807) is 42.5 Å². The van der Waals surface area contributed by atoms with Crippen molar-refractivity contribution in [2.45, 2.75) is 13.3 Å². The van der Waals surface area contributed by atoms with Crippen molar-refractivity contribution >= 4 is 23.2 Å². The summed E-state index contributed by atoms with van der Waals surface area (Å²) in [6.07, 6.45) is 0.612. The zero-order chi connectivity index (χ0) is 20.7. The SMILES string of the molecule is CCc1cc(-c2ccccc2N2C(=O)c3cccc([N+](=O)[O-])c3C2=O)ccc1O. The molecule has 1 heterocycles. The first-order valence-electron chi connectivity index (χ1n) is 9.01. The Balaban J connectivity index is 1.88. The molecular weight excluding hydrogens is 372 g/mol. The third-order valence-corrected chi connectivity index (χ3v) is 5.01. The van der Waals surface area contributed by atoms with Gasteiger partial charge in [0.25, 0.3) is 17.5 Å². The number of nitro benzene ring substituents is 1. The van der Waals surface area contributed by atoms with E-state index < -0.39 is 22.4 Å². The molecule has 0 unspecified atom stereocenters. The van der Waals surface area contributed by atoms with Crippen molar-refractivity contribution in [3.8, 4) is 16.9 Å². The van der Waals surface area contributed by atoms with Crippen LogP contribution in [0.4, 0.5) is 11.4 Å². The summed E-state index contributed by atoms with van der Waals surface area (Å²) in [6.45, 7) is 1.91. The Hall–Kier alpha value is -4.00. The van der Waals surface area contributed by atoms with Gasteiger partial charge in [0.1, 0.15) is 11.3 Å². The van der Waals surface area contributed by atoms with Crippen LogP contribution in [0.2, 0.25) is 0 Å². The van der Waals surface area contributed by atoms with Gasteiger partial charge in [-0.1, -0.05) is 37.3 Å². The lowest BCUT2D eigenvalue weighted by atomic mass is 9.99. The third kappa shape index (κ3) is 2.84. The number of imide groups is 1. The van der Waals surface area contributed by atoms with Crippen LogP contribution in [0.15, 0.2) is 60.7 Å². The van der Waals surface area contributed by atoms with Gasteiger partial charge >= 0.3 is 0 Å². The number of fused-ring (bicyclic) bond motifs is 1. The van der Waals surface area contributed by atoms with Gasteiger partial charge in [0.15, 0.2) is 0 Å². The van der Waals surface area contributed by atoms with E-state index in [9.17, 15) is 24.8 Å². The van der Waals surface area contributed by atoms with E-state index in [1.807, 2.05) is 6.92 Å². The van der Waals surface area contributed by atoms with E-state index in [2.05, 4.69) is 0 Å². The van der Waals surface area contributed by atoms with Crippen LogP contribution in [0.5, 0.6) is 5.75 Å². The molecular formula is C22H16N2O5. The number of phenolic OH excluding ortho intramolecular Hbond substituents is 1. The van der Waals surface area contributed by atoms with Crippen LogP contribution < -0.4 is 4.90 Å². The number of amides is 2. The number of carbonyl (C=O) groups is 2. The standard InChI is InChI=1S/C22H16N2O5/c1-2-13-12-14(10-11-19(13)25)15-6-3-4-8-17(15)23-21(26)16-7-5-9-18(24(28)29)20(16)22(23)27/h3-12,25H,2H2,1H3. The third-order valence-electron chi connectivity index (χ3n) is 5.01. The number of nitrogens with zero attached hydrogens (tertiary/aromatic N) is 2. The average Bonchev–Trinajstić information content (AvgIpc) is 2.98. The van der Waals surface area contributed by atoms with Crippen molar-refractivity contribution in [1.82, 2.24) is 0 Å². The first-order chi connectivity index (χ1) is 13.9. The number of nitro groups is 1. The van der Waals surface area contributed by atoms with Crippen molar-refractivity contribution < 1.29 is 19.6 Å². The zero-order valence-corrected chi connectivity index (χ0v) is 15.5. The number of hydrogen-bond acceptors (Lipinski definition) is 5. The zero-order valence-electron chi connectivity index (χ0n) is 15.5. The summed E-state index contributed by atoms with van der Waals surface area (Å²) in [5.74, 6) is -1.15. The molecule has 7 heteroatoms. The lowest BCUT2D eigenvalue weighted by molar-refractivity contribution is -0.385. The van der Waals surface area contributed by atoms with Crippen LogP contribution in [0, 0.1) is 10.1 Å². The van der Waals surface area contributed by atoms with Crippen LogP contribution in [-0.4, -0.2) is 21.8 Å². The van der Waals surface area contributed by atoms with Crippen LogP contribution in [0.1, 0.15) is 33.2 Å². The molecule has 1 N–H and O–H groups in total. The monoisotopic (exact) mass is 388 g/mol. The molecule has 0 aliphatic carbocycles. The highest BCUT2D eigenvalue weighted by molar-refractivity contribution is 6.36. The van der Waals surface area contributed by atoms with Crippen molar-refractivity contribution in [1.29, 1.82) is 0 Å². The molecule has 4 rings (SSSR count). The molecule has 144 valence electrons. The van der Waals surface area contributed by atoms with E-state index in [1.165, 1.54) is 18.2 Å². The molecule has 7 nitrogen and oxygen atoms in total. The minimum Gasteiger partial charge on any atom is -0.508 e. The normalized spacial score (nSPS) is 12.9. The maximum absolute atomic E-state index is 13.1. The van der Waals surface area contributed by atoms with Gasteiger partial charge in [-0.05, 0) is 41.8 Å². The number of rotatable bonds is 4. The molecule has 0 radical (unpaired) electrons. The molecule has 0 atom stereocenters. The van der Waals surface area contributed by atoms with Gasteiger partial charge in [0.2, 0.25) is 0 Å². The van der Waals surface area contributed by atoms with Crippen LogP contribution >= 0.6 is 0 Å². The predicted molar refractivity (Wildman–Crippen MR) is 107 cm³/mol. The predicted octanol–water partition coefficient (Wildman–Crippen LogP) is 4.33. The topological polar surface area (TPSA) is 101 Å². The molecule has 0 spiro atoms. The highest BCUT2D eigenvalue weighted by atomic mass is 16.6. The molecule has 0 saturated carbocycles. The second-order valence-corrected chi connectivity index (χ2v) is 6.62.